The van der Waals surface area contributed by atoms with Crippen LogP contribution in [0.4, 0.5) is 0 Å². The molecule has 0 spiro atoms. The summed E-state index contributed by atoms with van der Waals surface area (Å²) >= 11 is 0. The van der Waals surface area contributed by atoms with Crippen LogP contribution in [0, 0.1) is 0 Å². The van der Waals surface area contributed by atoms with E-state index in [1.165, 1.54) is 5.56 Å². The molecule has 1 fully saturated rings. The molecule has 0 aliphatic carbocycles. The average Bonchev–Trinajstić information content (AvgIpc) is 2.30. The molecule has 2 N–H and O–H groups in total. The minimum Gasteiger partial charge on any atom is -0.379 e. The van der Waals surface area contributed by atoms with E-state index in [1.807, 2.05) is 6.07 Å². The van der Waals surface area contributed by atoms with Crippen molar-refractivity contribution in [3.8, 4) is 0 Å². The lowest BCUT2D eigenvalue weighted by molar-refractivity contribution is 0.0742. The second-order valence-electron chi connectivity index (χ2n) is 3.52. The van der Waals surface area contributed by atoms with E-state index >= 15 is 0 Å². The summed E-state index contributed by atoms with van der Waals surface area (Å²) in [6.45, 7) is 1.81. The Bertz CT molecular complexity index is 268. The molecule has 3 nitrogen and oxygen atoms in total. The summed E-state index contributed by atoms with van der Waals surface area (Å²) in [5.41, 5.74) is 1.28. The maximum absolute atomic E-state index is 5.25. The van der Waals surface area contributed by atoms with Gasteiger partial charge in [-0.2, -0.15) is 0 Å². The average molecular weight is 192 g/mol. The van der Waals surface area contributed by atoms with Gasteiger partial charge in [0.2, 0.25) is 0 Å². The fourth-order valence-corrected chi connectivity index (χ4v) is 1.69. The first kappa shape index (κ1) is 9.65. The molecule has 1 heterocycles. The molecule has 0 radical (unpaired) electrons. The zero-order valence-electron chi connectivity index (χ0n) is 8.36. The van der Waals surface area contributed by atoms with Gasteiger partial charge in [0.15, 0.2) is 0 Å². The lowest BCUT2D eigenvalue weighted by Gasteiger charge is -2.30. The molecular formula is C11H16N2O. The van der Waals surface area contributed by atoms with Crippen molar-refractivity contribution < 1.29 is 4.74 Å². The zero-order chi connectivity index (χ0) is 9.80. The fourth-order valence-electron chi connectivity index (χ4n) is 1.69. The van der Waals surface area contributed by atoms with Crippen LogP contribution in [0.25, 0.3) is 0 Å². The summed E-state index contributed by atoms with van der Waals surface area (Å²) < 4.78 is 5.25. The number of hydrogen-bond donors (Lipinski definition) is 2. The second kappa shape index (κ2) is 4.55. The molecule has 14 heavy (non-hydrogen) atoms. The van der Waals surface area contributed by atoms with Crippen molar-refractivity contribution >= 4 is 0 Å². The quantitative estimate of drug-likeness (QED) is 0.730. The van der Waals surface area contributed by atoms with E-state index in [1.54, 1.807) is 7.11 Å². The molecule has 0 atom stereocenters. The Kier molecular flexibility index (Phi) is 3.14. The largest absolute Gasteiger partial charge is 0.379 e. The molecule has 76 valence electrons. The predicted molar refractivity (Wildman–Crippen MR) is 56.0 cm³/mol. The summed E-state index contributed by atoms with van der Waals surface area (Å²) in [5, 5.41) is 6.80. The van der Waals surface area contributed by atoms with Gasteiger partial charge < -0.3 is 4.74 Å². The molecule has 2 rings (SSSR count). The summed E-state index contributed by atoms with van der Waals surface area (Å²) in [6, 6.07) is 10.4. The molecule has 1 aromatic rings. The van der Waals surface area contributed by atoms with Crippen LogP contribution in [0.3, 0.4) is 0 Å². The highest BCUT2D eigenvalue weighted by Crippen LogP contribution is 2.12. The van der Waals surface area contributed by atoms with E-state index in [0.29, 0.717) is 0 Å². The number of hydrogen-bond acceptors (Lipinski definition) is 3. The topological polar surface area (TPSA) is 33.3 Å². The van der Waals surface area contributed by atoms with Crippen molar-refractivity contribution in [2.24, 2.45) is 0 Å². The number of nitrogens with one attached hydrogen (secondary N) is 2. The van der Waals surface area contributed by atoms with Crippen molar-refractivity contribution in [1.82, 2.24) is 10.6 Å². The summed E-state index contributed by atoms with van der Waals surface area (Å²) in [7, 11) is 1.75. The van der Waals surface area contributed by atoms with Gasteiger partial charge in [-0.15, -0.1) is 0 Å². The molecule has 3 heteroatoms. The van der Waals surface area contributed by atoms with Gasteiger partial charge >= 0.3 is 0 Å². The maximum atomic E-state index is 5.25. The monoisotopic (exact) mass is 192 g/mol. The van der Waals surface area contributed by atoms with Crippen LogP contribution in [0.1, 0.15) is 11.7 Å². The molecule has 0 bridgehead atoms. The standard InChI is InChI=1S/C11H16N2O/c1-14-10-7-12-11(13-8-10)9-5-3-2-4-6-9/h2-6,10-13H,7-8H2,1H3. The first-order valence-electron chi connectivity index (χ1n) is 4.94. The van der Waals surface area contributed by atoms with Crippen molar-refractivity contribution in [2.75, 3.05) is 20.2 Å². The van der Waals surface area contributed by atoms with Gasteiger partial charge in [0.1, 0.15) is 0 Å². The van der Waals surface area contributed by atoms with E-state index in [4.69, 9.17) is 4.74 Å². The Balaban J connectivity index is 1.96. The lowest BCUT2D eigenvalue weighted by Crippen LogP contribution is -2.50. The molecule has 0 amide bonds. The van der Waals surface area contributed by atoms with E-state index in [2.05, 4.69) is 34.9 Å². The first-order chi connectivity index (χ1) is 6.90. The molecule has 0 unspecified atom stereocenters. The van der Waals surface area contributed by atoms with Crippen LogP contribution in [0.5, 0.6) is 0 Å². The van der Waals surface area contributed by atoms with Gasteiger partial charge in [-0.3, -0.25) is 10.6 Å². The summed E-state index contributed by atoms with van der Waals surface area (Å²) in [5.74, 6) is 0. The predicted octanol–water partition coefficient (Wildman–Crippen LogP) is 0.893. The highest BCUT2D eigenvalue weighted by atomic mass is 16.5. The molecule has 1 aromatic carbocycles. The Morgan fingerprint density at radius 3 is 2.36 bits per heavy atom. The van der Waals surface area contributed by atoms with Gasteiger partial charge in [0, 0.05) is 20.2 Å². The first-order valence-corrected chi connectivity index (χ1v) is 4.94. The Hall–Kier alpha value is -0.900. The molecule has 1 aliphatic heterocycles. The van der Waals surface area contributed by atoms with E-state index in [9.17, 15) is 0 Å². The number of methoxy groups -OCH3 is 1. The minimum absolute atomic E-state index is 0.266. The SMILES string of the molecule is COC1CNC(c2ccccc2)NC1. The van der Waals surface area contributed by atoms with Gasteiger partial charge in [-0.05, 0) is 5.56 Å². The van der Waals surface area contributed by atoms with Gasteiger partial charge in [-0.1, -0.05) is 30.3 Å². The van der Waals surface area contributed by atoms with Crippen LogP contribution in [0.15, 0.2) is 30.3 Å². The highest BCUT2D eigenvalue weighted by Gasteiger charge is 2.19. The lowest BCUT2D eigenvalue weighted by atomic mass is 10.1. The van der Waals surface area contributed by atoms with Crippen molar-refractivity contribution in [3.05, 3.63) is 35.9 Å². The minimum atomic E-state index is 0.266. The van der Waals surface area contributed by atoms with Crippen molar-refractivity contribution in [1.29, 1.82) is 0 Å². The van der Waals surface area contributed by atoms with Crippen molar-refractivity contribution in [3.63, 3.8) is 0 Å². The van der Waals surface area contributed by atoms with Crippen LogP contribution < -0.4 is 10.6 Å². The molecule has 1 saturated heterocycles. The van der Waals surface area contributed by atoms with E-state index in [-0.39, 0.29) is 12.3 Å². The smallest absolute Gasteiger partial charge is 0.0837 e. The van der Waals surface area contributed by atoms with Crippen molar-refractivity contribution in [2.45, 2.75) is 12.3 Å². The molecule has 0 saturated carbocycles. The summed E-state index contributed by atoms with van der Waals surface area (Å²) in [6.07, 6.45) is 0.553. The van der Waals surface area contributed by atoms with Gasteiger partial charge in [0.05, 0.1) is 12.3 Å². The van der Waals surface area contributed by atoms with Crippen LogP contribution in [0.2, 0.25) is 0 Å². The fraction of sp³-hybridized carbons (Fsp3) is 0.455. The number of ether oxygens (including phenoxy) is 1. The zero-order valence-corrected chi connectivity index (χ0v) is 8.36. The third-order valence-electron chi connectivity index (χ3n) is 2.57. The number of benzene rings is 1. The molecule has 1 aliphatic rings. The number of rotatable bonds is 2. The Morgan fingerprint density at radius 2 is 1.79 bits per heavy atom. The maximum Gasteiger partial charge on any atom is 0.0837 e. The second-order valence-corrected chi connectivity index (χ2v) is 3.52. The third kappa shape index (κ3) is 2.12. The van der Waals surface area contributed by atoms with E-state index < -0.39 is 0 Å². The highest BCUT2D eigenvalue weighted by molar-refractivity contribution is 5.18. The molecule has 0 aromatic heterocycles. The van der Waals surface area contributed by atoms with E-state index in [0.717, 1.165) is 13.1 Å². The Morgan fingerprint density at radius 1 is 1.14 bits per heavy atom. The van der Waals surface area contributed by atoms with Crippen LogP contribution in [-0.2, 0) is 4.74 Å². The normalized spacial score (nSPS) is 27.5. The molecular weight excluding hydrogens is 176 g/mol. The third-order valence-corrected chi connectivity index (χ3v) is 2.57. The van der Waals surface area contributed by atoms with Gasteiger partial charge in [0.25, 0.3) is 0 Å². The van der Waals surface area contributed by atoms with Crippen LogP contribution >= 0.6 is 0 Å². The summed E-state index contributed by atoms with van der Waals surface area (Å²) in [4.78, 5) is 0. The van der Waals surface area contributed by atoms with Gasteiger partial charge in [-0.25, -0.2) is 0 Å². The Labute approximate surface area is 84.5 Å². The van der Waals surface area contributed by atoms with Crippen LogP contribution in [-0.4, -0.2) is 26.3 Å².